The molecule has 0 radical (unpaired) electrons. The van der Waals surface area contributed by atoms with E-state index in [1.165, 1.54) is 47.8 Å². The average molecular weight is 358 g/mol. The average Bonchev–Trinajstić information content (AvgIpc) is 2.90. The van der Waals surface area contributed by atoms with Gasteiger partial charge in [-0.3, -0.25) is 9.80 Å². The van der Waals surface area contributed by atoms with Gasteiger partial charge in [-0.15, -0.1) is 11.3 Å². The van der Waals surface area contributed by atoms with Crippen molar-refractivity contribution in [1.82, 2.24) is 15.1 Å². The third-order valence-electron chi connectivity index (χ3n) is 4.49. The molecule has 3 saturated heterocycles. The Morgan fingerprint density at radius 1 is 1.35 bits per heavy atom. The standard InChI is InChI=1S/C15H24BrN3S/c1-2-5-17-13(10-12-3-4-15(16)20-12)14-11-18-6-8-19(14)9-7-18/h3-4,13-14,17H,2,5-11H2,1H3. The van der Waals surface area contributed by atoms with Crippen LogP contribution in [0.2, 0.25) is 0 Å². The zero-order valence-electron chi connectivity index (χ0n) is 12.1. The molecule has 4 rings (SSSR count). The molecule has 0 saturated carbocycles. The summed E-state index contributed by atoms with van der Waals surface area (Å²) in [4.78, 5) is 6.83. The Morgan fingerprint density at radius 2 is 2.15 bits per heavy atom. The van der Waals surface area contributed by atoms with Crippen LogP contribution in [0.15, 0.2) is 15.9 Å². The van der Waals surface area contributed by atoms with E-state index < -0.39 is 0 Å². The molecule has 0 amide bonds. The molecule has 3 aliphatic heterocycles. The number of piperazine rings is 3. The molecule has 2 unspecified atom stereocenters. The van der Waals surface area contributed by atoms with Crippen molar-refractivity contribution < 1.29 is 0 Å². The molecule has 0 spiro atoms. The normalized spacial score (nSPS) is 30.6. The first-order chi connectivity index (χ1) is 9.76. The van der Waals surface area contributed by atoms with Gasteiger partial charge in [0.05, 0.1) is 3.79 Å². The third-order valence-corrected chi connectivity index (χ3v) is 6.14. The van der Waals surface area contributed by atoms with E-state index in [2.05, 4.69) is 50.1 Å². The van der Waals surface area contributed by atoms with E-state index in [1.54, 1.807) is 0 Å². The van der Waals surface area contributed by atoms with Crippen LogP contribution >= 0.6 is 27.3 Å². The highest BCUT2D eigenvalue weighted by Gasteiger charge is 2.36. The fourth-order valence-corrected chi connectivity index (χ4v) is 4.93. The van der Waals surface area contributed by atoms with Crippen LogP contribution < -0.4 is 5.32 Å². The molecule has 0 aliphatic carbocycles. The molecule has 1 aromatic rings. The van der Waals surface area contributed by atoms with Crippen molar-refractivity contribution in [3.63, 3.8) is 0 Å². The molecule has 0 aromatic carbocycles. The summed E-state index contributed by atoms with van der Waals surface area (Å²) in [6.07, 6.45) is 2.37. The van der Waals surface area contributed by atoms with Gasteiger partial charge >= 0.3 is 0 Å². The summed E-state index contributed by atoms with van der Waals surface area (Å²) in [6.45, 7) is 9.66. The molecular formula is C15H24BrN3S. The Labute approximate surface area is 134 Å². The summed E-state index contributed by atoms with van der Waals surface area (Å²) in [5.41, 5.74) is 0. The minimum Gasteiger partial charge on any atom is -0.312 e. The molecule has 1 N–H and O–H groups in total. The monoisotopic (exact) mass is 357 g/mol. The van der Waals surface area contributed by atoms with Gasteiger partial charge in [0.15, 0.2) is 0 Å². The van der Waals surface area contributed by atoms with Crippen LogP contribution in [0.3, 0.4) is 0 Å². The summed E-state index contributed by atoms with van der Waals surface area (Å²) in [6, 6.07) is 5.72. The Kier molecular flexibility index (Phi) is 5.15. The summed E-state index contributed by atoms with van der Waals surface area (Å²) < 4.78 is 1.25. The van der Waals surface area contributed by atoms with E-state index in [9.17, 15) is 0 Å². The maximum atomic E-state index is 3.80. The zero-order valence-corrected chi connectivity index (χ0v) is 14.5. The predicted octanol–water partition coefficient (Wildman–Crippen LogP) is 2.42. The van der Waals surface area contributed by atoms with Crippen molar-refractivity contribution in [3.8, 4) is 0 Å². The van der Waals surface area contributed by atoms with Crippen LogP contribution in [0.1, 0.15) is 18.2 Å². The van der Waals surface area contributed by atoms with E-state index in [-0.39, 0.29) is 0 Å². The number of hydrogen-bond acceptors (Lipinski definition) is 4. The highest BCUT2D eigenvalue weighted by atomic mass is 79.9. The first kappa shape index (κ1) is 15.0. The summed E-state index contributed by atoms with van der Waals surface area (Å²) in [7, 11) is 0. The smallest absolute Gasteiger partial charge is 0.0701 e. The van der Waals surface area contributed by atoms with Crippen LogP contribution in [0, 0.1) is 0 Å². The molecule has 2 atom stereocenters. The van der Waals surface area contributed by atoms with Gasteiger partial charge in [-0.05, 0) is 47.4 Å². The molecule has 4 heterocycles. The lowest BCUT2D eigenvalue weighted by molar-refractivity contribution is -0.00298. The Bertz CT molecular complexity index is 429. The first-order valence-corrected chi connectivity index (χ1v) is 9.31. The second-order valence-corrected chi connectivity index (χ2v) is 8.42. The second-order valence-electron chi connectivity index (χ2n) is 5.87. The van der Waals surface area contributed by atoms with Crippen LogP contribution in [0.5, 0.6) is 0 Å². The first-order valence-electron chi connectivity index (χ1n) is 7.70. The van der Waals surface area contributed by atoms with Crippen molar-refractivity contribution in [2.75, 3.05) is 39.3 Å². The lowest BCUT2D eigenvalue weighted by Crippen LogP contribution is -2.66. The number of thiophene rings is 1. The number of halogens is 1. The highest BCUT2D eigenvalue weighted by molar-refractivity contribution is 9.11. The molecule has 112 valence electrons. The van der Waals surface area contributed by atoms with E-state index in [0.717, 1.165) is 13.0 Å². The zero-order chi connectivity index (χ0) is 13.9. The van der Waals surface area contributed by atoms with Gasteiger partial charge in [0.2, 0.25) is 0 Å². The molecular weight excluding hydrogens is 334 g/mol. The summed E-state index contributed by atoms with van der Waals surface area (Å²) in [5, 5.41) is 3.80. The Hall–Kier alpha value is 0.0600. The third kappa shape index (κ3) is 3.45. The van der Waals surface area contributed by atoms with Crippen LogP contribution in [0.25, 0.3) is 0 Å². The van der Waals surface area contributed by atoms with E-state index in [0.29, 0.717) is 12.1 Å². The summed E-state index contributed by atoms with van der Waals surface area (Å²) in [5.74, 6) is 0. The second kappa shape index (κ2) is 6.88. The topological polar surface area (TPSA) is 18.5 Å². The van der Waals surface area contributed by atoms with Crippen molar-refractivity contribution >= 4 is 27.3 Å². The molecule has 3 aliphatic rings. The van der Waals surface area contributed by atoms with Gasteiger partial charge in [-0.1, -0.05) is 6.92 Å². The van der Waals surface area contributed by atoms with Crippen LogP contribution in [-0.2, 0) is 6.42 Å². The summed E-state index contributed by atoms with van der Waals surface area (Å²) >= 11 is 5.46. The lowest BCUT2D eigenvalue weighted by atomic mass is 9.97. The van der Waals surface area contributed by atoms with Crippen LogP contribution in [-0.4, -0.2) is 61.2 Å². The fraction of sp³-hybridized carbons (Fsp3) is 0.733. The van der Waals surface area contributed by atoms with E-state index in [4.69, 9.17) is 0 Å². The molecule has 5 heteroatoms. The maximum Gasteiger partial charge on any atom is 0.0701 e. The number of nitrogens with one attached hydrogen (secondary N) is 1. The molecule has 20 heavy (non-hydrogen) atoms. The largest absolute Gasteiger partial charge is 0.312 e. The minimum atomic E-state index is 0.587. The van der Waals surface area contributed by atoms with Gasteiger partial charge in [0, 0.05) is 49.7 Å². The minimum absolute atomic E-state index is 0.587. The van der Waals surface area contributed by atoms with Gasteiger partial charge in [-0.25, -0.2) is 0 Å². The highest BCUT2D eigenvalue weighted by Crippen LogP contribution is 2.26. The Balaban J connectivity index is 1.68. The lowest BCUT2D eigenvalue weighted by Gasteiger charge is -2.50. The van der Waals surface area contributed by atoms with Crippen molar-refractivity contribution in [2.45, 2.75) is 31.8 Å². The molecule has 1 aromatic heterocycles. The quantitative estimate of drug-likeness (QED) is 0.843. The fourth-order valence-electron chi connectivity index (χ4n) is 3.39. The van der Waals surface area contributed by atoms with E-state index in [1.807, 2.05) is 11.3 Å². The van der Waals surface area contributed by atoms with Gasteiger partial charge in [0.25, 0.3) is 0 Å². The molecule has 3 fully saturated rings. The number of fused-ring (bicyclic) bond motifs is 3. The molecule has 3 nitrogen and oxygen atoms in total. The van der Waals surface area contributed by atoms with Crippen LogP contribution in [0.4, 0.5) is 0 Å². The van der Waals surface area contributed by atoms with Gasteiger partial charge < -0.3 is 5.32 Å². The van der Waals surface area contributed by atoms with Crippen molar-refractivity contribution in [3.05, 3.63) is 20.8 Å². The van der Waals surface area contributed by atoms with E-state index >= 15 is 0 Å². The number of rotatable bonds is 6. The van der Waals surface area contributed by atoms with Gasteiger partial charge in [-0.2, -0.15) is 0 Å². The van der Waals surface area contributed by atoms with Crippen molar-refractivity contribution in [2.24, 2.45) is 0 Å². The maximum absolute atomic E-state index is 3.80. The van der Waals surface area contributed by atoms with Gasteiger partial charge in [0.1, 0.15) is 0 Å². The Morgan fingerprint density at radius 3 is 2.70 bits per heavy atom. The molecule has 2 bridgehead atoms. The number of nitrogens with zero attached hydrogens (tertiary/aromatic N) is 2. The SMILES string of the molecule is CCCNC(Cc1ccc(Br)s1)C1CN2CCN1CC2. The predicted molar refractivity (Wildman–Crippen MR) is 89.6 cm³/mol. The number of hydrogen-bond donors (Lipinski definition) is 1. The van der Waals surface area contributed by atoms with Crippen molar-refractivity contribution in [1.29, 1.82) is 0 Å².